The number of H-pyrrole nitrogens is 3. The Morgan fingerprint density at radius 3 is 2.33 bits per heavy atom. The molecule has 0 aliphatic rings. The van der Waals surface area contributed by atoms with Crippen molar-refractivity contribution in [2.75, 3.05) is 5.73 Å². The Hall–Kier alpha value is -2.71. The van der Waals surface area contributed by atoms with Gasteiger partial charge in [0.05, 0.1) is 0 Å². The maximum Gasteiger partial charge on any atom is 0.346 e. The van der Waals surface area contributed by atoms with E-state index in [1.54, 1.807) is 11.9 Å². The van der Waals surface area contributed by atoms with Crippen LogP contribution < -0.4 is 22.7 Å². The number of aromatic nitrogens is 4. The van der Waals surface area contributed by atoms with E-state index in [4.69, 9.17) is 5.73 Å². The highest BCUT2D eigenvalue weighted by atomic mass is 19.1. The Morgan fingerprint density at radius 1 is 1.22 bits per heavy atom. The van der Waals surface area contributed by atoms with Gasteiger partial charge < -0.3 is 15.7 Å². The third kappa shape index (κ3) is 3.70. The normalized spacial score (nSPS) is 9.44. The average Bonchev–Trinajstić information content (AvgIpc) is 2.30. The predicted octanol–water partition coefficient (Wildman–Crippen LogP) is -1.14. The fourth-order valence-electron chi connectivity index (χ4n) is 0.867. The molecule has 2 aromatic heterocycles. The zero-order chi connectivity index (χ0) is 13.7. The number of aryl methyl sites for hydroxylation is 1. The van der Waals surface area contributed by atoms with E-state index in [1.807, 2.05) is 4.98 Å². The van der Waals surface area contributed by atoms with Crippen LogP contribution in [0.2, 0.25) is 0 Å². The standard InChI is InChI=1S/C5H7N3O.C4H3FN2O2/c1-3-2-7-5(9)8-4(3)6;5-2-1-6-4(9)7-3(2)8/h2H,1H3,(H3,6,7,8,9);1H,(H2,6,7,8,9). The molecule has 0 atom stereocenters. The second kappa shape index (κ2) is 5.57. The van der Waals surface area contributed by atoms with Crippen molar-refractivity contribution in [2.24, 2.45) is 0 Å². The third-order valence-electron chi connectivity index (χ3n) is 1.81. The van der Waals surface area contributed by atoms with Crippen LogP contribution in [0.1, 0.15) is 5.56 Å². The number of nitrogens with two attached hydrogens (primary N) is 1. The Morgan fingerprint density at radius 2 is 1.89 bits per heavy atom. The summed E-state index contributed by atoms with van der Waals surface area (Å²) in [5.74, 6) is -0.701. The highest BCUT2D eigenvalue weighted by molar-refractivity contribution is 5.34. The van der Waals surface area contributed by atoms with E-state index in [0.29, 0.717) is 12.0 Å². The number of hydrogen-bond acceptors (Lipinski definition) is 5. The first kappa shape index (κ1) is 13.4. The summed E-state index contributed by atoms with van der Waals surface area (Å²) < 4.78 is 12.0. The van der Waals surface area contributed by atoms with Crippen molar-refractivity contribution in [3.8, 4) is 0 Å². The first-order chi connectivity index (χ1) is 8.40. The second-order valence-electron chi connectivity index (χ2n) is 3.19. The largest absolute Gasteiger partial charge is 0.383 e. The minimum atomic E-state index is -1.00. The van der Waals surface area contributed by atoms with E-state index in [-0.39, 0.29) is 0 Å². The Bertz CT molecular complexity index is 702. The summed E-state index contributed by atoms with van der Waals surface area (Å²) in [5, 5.41) is 0. The molecule has 2 rings (SSSR count). The lowest BCUT2D eigenvalue weighted by Gasteiger charge is -1.92. The summed E-state index contributed by atoms with van der Waals surface area (Å²) in [6.45, 7) is 1.78. The molecule has 0 aromatic carbocycles. The molecular weight excluding hydrogens is 245 g/mol. The first-order valence-electron chi connectivity index (χ1n) is 4.69. The molecule has 0 aliphatic carbocycles. The molecule has 0 aliphatic heterocycles. The minimum absolute atomic E-state index is 0.291. The lowest BCUT2D eigenvalue weighted by atomic mass is 10.4. The van der Waals surface area contributed by atoms with Crippen molar-refractivity contribution in [1.82, 2.24) is 19.9 Å². The summed E-state index contributed by atoms with van der Waals surface area (Å²) in [4.78, 5) is 40.2. The Balaban J connectivity index is 0.000000180. The van der Waals surface area contributed by atoms with Crippen LogP contribution in [0.5, 0.6) is 0 Å². The van der Waals surface area contributed by atoms with E-state index < -0.39 is 22.8 Å². The predicted molar refractivity (Wildman–Crippen MR) is 61.6 cm³/mol. The lowest BCUT2D eigenvalue weighted by Crippen LogP contribution is -2.23. The summed E-state index contributed by atoms with van der Waals surface area (Å²) >= 11 is 0. The zero-order valence-electron chi connectivity index (χ0n) is 9.28. The van der Waals surface area contributed by atoms with Crippen LogP contribution in [0.25, 0.3) is 0 Å². The SMILES string of the molecule is Cc1c[nH]c(=O)nc1N.O=c1[nH]cc(F)c(=O)[nH]1. The van der Waals surface area contributed by atoms with E-state index in [2.05, 4.69) is 9.97 Å². The molecule has 0 spiro atoms. The molecule has 18 heavy (non-hydrogen) atoms. The number of halogens is 1. The maximum atomic E-state index is 12.0. The van der Waals surface area contributed by atoms with Crippen molar-refractivity contribution in [1.29, 1.82) is 0 Å². The van der Waals surface area contributed by atoms with Gasteiger partial charge in [-0.3, -0.25) is 9.78 Å². The highest BCUT2D eigenvalue weighted by Crippen LogP contribution is 1.97. The van der Waals surface area contributed by atoms with Crippen LogP contribution in [0.15, 0.2) is 26.8 Å². The highest BCUT2D eigenvalue weighted by Gasteiger charge is 1.93. The summed E-state index contributed by atoms with van der Waals surface area (Å²) in [5.41, 5.74) is 3.96. The molecule has 0 saturated heterocycles. The summed E-state index contributed by atoms with van der Waals surface area (Å²) in [6, 6.07) is 0. The van der Waals surface area contributed by atoms with E-state index in [1.165, 1.54) is 6.20 Å². The average molecular weight is 255 g/mol. The molecule has 0 unspecified atom stereocenters. The second-order valence-corrected chi connectivity index (χ2v) is 3.19. The quantitative estimate of drug-likeness (QED) is 0.471. The van der Waals surface area contributed by atoms with Crippen LogP contribution in [0.4, 0.5) is 10.2 Å². The zero-order valence-corrected chi connectivity index (χ0v) is 9.28. The topological polar surface area (TPSA) is 137 Å². The van der Waals surface area contributed by atoms with Gasteiger partial charge in [-0.2, -0.15) is 9.37 Å². The van der Waals surface area contributed by atoms with Gasteiger partial charge in [-0.05, 0) is 6.92 Å². The smallest absolute Gasteiger partial charge is 0.346 e. The molecule has 0 radical (unpaired) electrons. The molecule has 2 aromatic rings. The maximum absolute atomic E-state index is 12.0. The summed E-state index contributed by atoms with van der Waals surface area (Å²) in [7, 11) is 0. The van der Waals surface area contributed by atoms with Gasteiger partial charge in [0.15, 0.2) is 0 Å². The number of rotatable bonds is 0. The van der Waals surface area contributed by atoms with E-state index in [9.17, 15) is 18.8 Å². The van der Waals surface area contributed by atoms with Gasteiger partial charge >= 0.3 is 11.4 Å². The molecule has 2 heterocycles. The number of nitrogens with zero attached hydrogens (tertiary/aromatic N) is 1. The number of anilines is 1. The molecule has 0 amide bonds. The van der Waals surface area contributed by atoms with E-state index >= 15 is 0 Å². The van der Waals surface area contributed by atoms with Gasteiger partial charge in [-0.25, -0.2) is 9.59 Å². The van der Waals surface area contributed by atoms with Crippen molar-refractivity contribution in [2.45, 2.75) is 6.92 Å². The lowest BCUT2D eigenvalue weighted by molar-refractivity contribution is 0.597. The molecule has 96 valence electrons. The van der Waals surface area contributed by atoms with Crippen molar-refractivity contribution >= 4 is 5.82 Å². The molecule has 0 bridgehead atoms. The van der Waals surface area contributed by atoms with E-state index in [0.717, 1.165) is 5.56 Å². The summed E-state index contributed by atoms with van der Waals surface area (Å²) in [6.07, 6.45) is 2.24. The monoisotopic (exact) mass is 255 g/mol. The van der Waals surface area contributed by atoms with Crippen LogP contribution in [-0.4, -0.2) is 19.9 Å². The molecule has 9 heteroatoms. The fraction of sp³-hybridized carbons (Fsp3) is 0.111. The molecular formula is C9H10FN5O3. The number of aromatic amines is 3. The van der Waals surface area contributed by atoms with Gasteiger partial charge in [0.25, 0.3) is 5.56 Å². The van der Waals surface area contributed by atoms with Crippen LogP contribution in [-0.2, 0) is 0 Å². The first-order valence-corrected chi connectivity index (χ1v) is 4.69. The number of nitrogen functional groups attached to an aromatic ring is 1. The number of nitrogens with one attached hydrogen (secondary N) is 3. The van der Waals surface area contributed by atoms with Crippen LogP contribution >= 0.6 is 0 Å². The van der Waals surface area contributed by atoms with Gasteiger partial charge in [-0.15, -0.1) is 0 Å². The van der Waals surface area contributed by atoms with Gasteiger partial charge in [-0.1, -0.05) is 0 Å². The van der Waals surface area contributed by atoms with Crippen LogP contribution in [0, 0.1) is 12.7 Å². The van der Waals surface area contributed by atoms with Crippen LogP contribution in [0.3, 0.4) is 0 Å². The Labute approximate surface area is 98.7 Å². The van der Waals surface area contributed by atoms with Crippen molar-refractivity contribution < 1.29 is 4.39 Å². The van der Waals surface area contributed by atoms with Crippen molar-refractivity contribution in [3.63, 3.8) is 0 Å². The fourth-order valence-corrected chi connectivity index (χ4v) is 0.867. The molecule has 0 saturated carbocycles. The van der Waals surface area contributed by atoms with Gasteiger partial charge in [0.1, 0.15) is 5.82 Å². The molecule has 8 nitrogen and oxygen atoms in total. The third-order valence-corrected chi connectivity index (χ3v) is 1.81. The van der Waals surface area contributed by atoms with Gasteiger partial charge in [0.2, 0.25) is 5.82 Å². The minimum Gasteiger partial charge on any atom is -0.383 e. The Kier molecular flexibility index (Phi) is 4.13. The molecule has 0 fully saturated rings. The van der Waals surface area contributed by atoms with Crippen molar-refractivity contribution in [3.05, 3.63) is 55.1 Å². The number of hydrogen-bond donors (Lipinski definition) is 4. The van der Waals surface area contributed by atoms with Gasteiger partial charge in [0, 0.05) is 18.0 Å². The molecule has 5 N–H and O–H groups in total.